The van der Waals surface area contributed by atoms with Gasteiger partial charge in [-0.2, -0.15) is 11.8 Å². The smallest absolute Gasteiger partial charge is 0.0253 e. The van der Waals surface area contributed by atoms with Crippen LogP contribution in [0.3, 0.4) is 0 Å². The molecular weight excluding hydrogens is 154 g/mol. The van der Waals surface area contributed by atoms with Gasteiger partial charge in [-0.25, -0.2) is 0 Å². The zero-order valence-corrected chi connectivity index (χ0v) is 7.78. The van der Waals surface area contributed by atoms with Gasteiger partial charge in [0.1, 0.15) is 0 Å². The van der Waals surface area contributed by atoms with Crippen molar-refractivity contribution in [2.24, 2.45) is 11.7 Å². The summed E-state index contributed by atoms with van der Waals surface area (Å²) in [6, 6.07) is 0.531. The van der Waals surface area contributed by atoms with E-state index in [-0.39, 0.29) is 0 Å². The molecule has 2 aliphatic rings. The highest BCUT2D eigenvalue weighted by atomic mass is 32.2. The maximum atomic E-state index is 5.93. The first kappa shape index (κ1) is 7.93. The Labute approximate surface area is 73.1 Å². The second-order valence-corrected chi connectivity index (χ2v) is 5.07. The summed E-state index contributed by atoms with van der Waals surface area (Å²) in [6.07, 6.45) is 7.27. The molecule has 1 saturated carbocycles. The molecule has 2 heteroatoms. The largest absolute Gasteiger partial charge is 0.326 e. The van der Waals surface area contributed by atoms with Crippen LogP contribution in [0.25, 0.3) is 0 Å². The van der Waals surface area contributed by atoms with Crippen LogP contribution in [0.2, 0.25) is 0 Å². The molecular formula is C9H17NS. The van der Waals surface area contributed by atoms with Crippen molar-refractivity contribution < 1.29 is 0 Å². The van der Waals surface area contributed by atoms with Crippen LogP contribution in [0, 0.1) is 5.92 Å². The first-order chi connectivity index (χ1) is 5.38. The van der Waals surface area contributed by atoms with Crippen molar-refractivity contribution in [1.82, 2.24) is 0 Å². The van der Waals surface area contributed by atoms with Gasteiger partial charge in [-0.15, -0.1) is 0 Å². The molecule has 1 saturated heterocycles. The van der Waals surface area contributed by atoms with Gasteiger partial charge in [-0.05, 0) is 18.8 Å². The first-order valence-electron chi connectivity index (χ1n) is 4.75. The molecule has 0 bridgehead atoms. The molecule has 0 aromatic rings. The van der Waals surface area contributed by atoms with Gasteiger partial charge in [0, 0.05) is 17.0 Å². The number of thioether (sulfide) groups is 1. The van der Waals surface area contributed by atoms with Crippen LogP contribution in [0.1, 0.15) is 32.1 Å². The molecule has 0 amide bonds. The zero-order chi connectivity index (χ0) is 7.68. The molecule has 64 valence electrons. The fourth-order valence-corrected chi connectivity index (χ4v) is 3.45. The second-order valence-electron chi connectivity index (χ2n) is 3.86. The molecule has 1 aliphatic carbocycles. The Kier molecular flexibility index (Phi) is 2.42. The minimum absolute atomic E-state index is 0.531. The van der Waals surface area contributed by atoms with Crippen molar-refractivity contribution in [3.63, 3.8) is 0 Å². The maximum Gasteiger partial charge on any atom is 0.0253 e. The summed E-state index contributed by atoms with van der Waals surface area (Å²) in [5.74, 6) is 2.18. The standard InChI is InChI=1S/C9H17NS/c10-8-6-11-9(8)7-4-2-1-3-5-7/h7-9H,1-6,10H2. The van der Waals surface area contributed by atoms with E-state index in [9.17, 15) is 0 Å². The topological polar surface area (TPSA) is 26.0 Å². The lowest BCUT2D eigenvalue weighted by Crippen LogP contribution is -2.48. The number of hydrogen-bond acceptors (Lipinski definition) is 2. The molecule has 0 spiro atoms. The van der Waals surface area contributed by atoms with Gasteiger partial charge >= 0.3 is 0 Å². The normalized spacial score (nSPS) is 40.1. The molecule has 1 aliphatic heterocycles. The van der Waals surface area contributed by atoms with Gasteiger partial charge in [-0.3, -0.25) is 0 Å². The Hall–Kier alpha value is 0.310. The summed E-state index contributed by atoms with van der Waals surface area (Å²) in [5, 5.41) is 0.829. The molecule has 11 heavy (non-hydrogen) atoms. The van der Waals surface area contributed by atoms with Crippen LogP contribution in [0.5, 0.6) is 0 Å². The highest BCUT2D eigenvalue weighted by molar-refractivity contribution is 8.01. The Bertz CT molecular complexity index is 132. The van der Waals surface area contributed by atoms with Crippen LogP contribution in [-0.2, 0) is 0 Å². The van der Waals surface area contributed by atoms with Crippen LogP contribution in [0.4, 0.5) is 0 Å². The Balaban J connectivity index is 1.83. The highest BCUT2D eigenvalue weighted by Gasteiger charge is 2.35. The van der Waals surface area contributed by atoms with Crippen molar-refractivity contribution in [1.29, 1.82) is 0 Å². The number of rotatable bonds is 1. The molecule has 2 fully saturated rings. The predicted molar refractivity (Wildman–Crippen MR) is 50.8 cm³/mol. The molecule has 0 aromatic heterocycles. The lowest BCUT2D eigenvalue weighted by atomic mass is 9.84. The van der Waals surface area contributed by atoms with E-state index >= 15 is 0 Å². The van der Waals surface area contributed by atoms with Crippen molar-refractivity contribution in [2.45, 2.75) is 43.4 Å². The third kappa shape index (κ3) is 1.57. The highest BCUT2D eigenvalue weighted by Crippen LogP contribution is 2.40. The Morgan fingerprint density at radius 1 is 1.09 bits per heavy atom. The third-order valence-electron chi connectivity index (χ3n) is 3.02. The SMILES string of the molecule is NC1CSC1C1CCCCC1. The Morgan fingerprint density at radius 3 is 2.27 bits per heavy atom. The summed E-state index contributed by atoms with van der Waals surface area (Å²) in [7, 11) is 0. The fraction of sp³-hybridized carbons (Fsp3) is 1.00. The van der Waals surface area contributed by atoms with Crippen LogP contribution in [-0.4, -0.2) is 17.0 Å². The molecule has 0 aromatic carbocycles. The van der Waals surface area contributed by atoms with E-state index in [2.05, 4.69) is 11.8 Å². The lowest BCUT2D eigenvalue weighted by Gasteiger charge is -2.40. The van der Waals surface area contributed by atoms with E-state index in [4.69, 9.17) is 5.73 Å². The molecule has 0 radical (unpaired) electrons. The Morgan fingerprint density at radius 2 is 1.82 bits per heavy atom. The van der Waals surface area contributed by atoms with E-state index in [1.807, 2.05) is 0 Å². The maximum absolute atomic E-state index is 5.93. The molecule has 1 heterocycles. The summed E-state index contributed by atoms with van der Waals surface area (Å²) >= 11 is 2.09. The van der Waals surface area contributed by atoms with Crippen LogP contribution >= 0.6 is 11.8 Å². The van der Waals surface area contributed by atoms with Crippen molar-refractivity contribution in [3.8, 4) is 0 Å². The van der Waals surface area contributed by atoms with Gasteiger partial charge in [0.15, 0.2) is 0 Å². The average molecular weight is 171 g/mol. The second kappa shape index (κ2) is 3.36. The molecule has 1 nitrogen and oxygen atoms in total. The van der Waals surface area contributed by atoms with E-state index in [0.29, 0.717) is 6.04 Å². The number of nitrogens with two attached hydrogens (primary N) is 1. The van der Waals surface area contributed by atoms with Crippen LogP contribution < -0.4 is 5.73 Å². The quantitative estimate of drug-likeness (QED) is 0.653. The zero-order valence-electron chi connectivity index (χ0n) is 6.96. The molecule has 2 N–H and O–H groups in total. The van der Waals surface area contributed by atoms with E-state index in [1.165, 1.54) is 37.9 Å². The predicted octanol–water partition coefficient (Wildman–Crippen LogP) is 2.01. The first-order valence-corrected chi connectivity index (χ1v) is 5.80. The van der Waals surface area contributed by atoms with Crippen molar-refractivity contribution in [3.05, 3.63) is 0 Å². The third-order valence-corrected chi connectivity index (χ3v) is 4.71. The molecule has 2 atom stereocenters. The molecule has 2 rings (SSSR count). The van der Waals surface area contributed by atoms with Crippen LogP contribution in [0.15, 0.2) is 0 Å². The lowest BCUT2D eigenvalue weighted by molar-refractivity contribution is 0.324. The summed E-state index contributed by atoms with van der Waals surface area (Å²) in [5.41, 5.74) is 5.93. The van der Waals surface area contributed by atoms with E-state index in [1.54, 1.807) is 0 Å². The van der Waals surface area contributed by atoms with Gasteiger partial charge in [-0.1, -0.05) is 19.3 Å². The van der Waals surface area contributed by atoms with Crippen molar-refractivity contribution >= 4 is 11.8 Å². The average Bonchev–Trinajstić information content (AvgIpc) is 2.04. The van der Waals surface area contributed by atoms with Crippen molar-refractivity contribution in [2.75, 3.05) is 5.75 Å². The minimum atomic E-state index is 0.531. The van der Waals surface area contributed by atoms with E-state index < -0.39 is 0 Å². The van der Waals surface area contributed by atoms with E-state index in [0.717, 1.165) is 11.2 Å². The molecule has 2 unspecified atom stereocenters. The monoisotopic (exact) mass is 171 g/mol. The van der Waals surface area contributed by atoms with Gasteiger partial charge in [0.25, 0.3) is 0 Å². The van der Waals surface area contributed by atoms with Gasteiger partial charge in [0.05, 0.1) is 0 Å². The minimum Gasteiger partial charge on any atom is -0.326 e. The summed E-state index contributed by atoms with van der Waals surface area (Å²) < 4.78 is 0. The summed E-state index contributed by atoms with van der Waals surface area (Å²) in [6.45, 7) is 0. The summed E-state index contributed by atoms with van der Waals surface area (Å²) in [4.78, 5) is 0. The number of hydrogen-bond donors (Lipinski definition) is 1. The fourth-order valence-electron chi connectivity index (χ4n) is 2.27. The van der Waals surface area contributed by atoms with Gasteiger partial charge < -0.3 is 5.73 Å². The van der Waals surface area contributed by atoms with Gasteiger partial charge in [0.2, 0.25) is 0 Å².